The smallest absolute Gasteiger partial charge is 0.105 e. The van der Waals surface area contributed by atoms with Crippen molar-refractivity contribution in [2.45, 2.75) is 32.4 Å². The summed E-state index contributed by atoms with van der Waals surface area (Å²) in [5.74, 6) is 1.12. The molecule has 2 rings (SSSR count). The normalized spacial score (nSPS) is 19.1. The van der Waals surface area contributed by atoms with Gasteiger partial charge >= 0.3 is 0 Å². The molecule has 0 spiro atoms. The second-order valence-corrected chi connectivity index (χ2v) is 4.57. The molecule has 0 radical (unpaired) electrons. The Morgan fingerprint density at radius 2 is 2.12 bits per heavy atom. The van der Waals surface area contributed by atoms with Crippen LogP contribution in [0, 0.1) is 6.92 Å². The second-order valence-electron chi connectivity index (χ2n) is 4.57. The summed E-state index contributed by atoms with van der Waals surface area (Å²) in [5.41, 5.74) is 0. The molecule has 0 bridgehead atoms. The predicted octanol–water partition coefficient (Wildman–Crippen LogP) is 0.875. The van der Waals surface area contributed by atoms with Crippen LogP contribution in [0.4, 0.5) is 0 Å². The van der Waals surface area contributed by atoms with E-state index in [1.54, 1.807) is 0 Å². The minimum atomic E-state index is 0.728. The third-order valence-electron chi connectivity index (χ3n) is 3.58. The zero-order valence-electron chi connectivity index (χ0n) is 10.3. The highest BCUT2D eigenvalue weighted by molar-refractivity contribution is 4.88. The molecule has 0 aliphatic carbocycles. The topological polar surface area (TPSA) is 33.1 Å². The quantitative estimate of drug-likeness (QED) is 0.821. The molecule has 2 heterocycles. The van der Waals surface area contributed by atoms with Gasteiger partial charge in [0.05, 0.1) is 0 Å². The van der Waals surface area contributed by atoms with E-state index in [2.05, 4.69) is 39.9 Å². The summed E-state index contributed by atoms with van der Waals surface area (Å²) in [6.45, 7) is 6.72. The number of likely N-dealkylation sites (tertiary alicyclic amines) is 1. The second kappa shape index (κ2) is 5.46. The lowest BCUT2D eigenvalue weighted by atomic mass is 10.1. The van der Waals surface area contributed by atoms with Crippen molar-refractivity contribution >= 4 is 0 Å². The minimum Gasteiger partial charge on any atom is -0.334 e. The Balaban J connectivity index is 1.73. The van der Waals surface area contributed by atoms with Crippen LogP contribution in [-0.2, 0) is 6.54 Å². The van der Waals surface area contributed by atoms with E-state index in [1.165, 1.54) is 25.9 Å². The van der Waals surface area contributed by atoms with Crippen LogP contribution in [-0.4, -0.2) is 47.2 Å². The number of piperidine rings is 1. The van der Waals surface area contributed by atoms with E-state index >= 15 is 0 Å². The van der Waals surface area contributed by atoms with E-state index < -0.39 is 0 Å². The van der Waals surface area contributed by atoms with Crippen LogP contribution in [0.5, 0.6) is 0 Å². The fourth-order valence-corrected chi connectivity index (χ4v) is 2.33. The first kappa shape index (κ1) is 11.6. The Morgan fingerprint density at radius 1 is 1.38 bits per heavy atom. The van der Waals surface area contributed by atoms with Crippen LogP contribution in [0.1, 0.15) is 18.7 Å². The summed E-state index contributed by atoms with van der Waals surface area (Å²) in [5, 5.41) is 3.36. The third-order valence-corrected chi connectivity index (χ3v) is 3.58. The van der Waals surface area contributed by atoms with Gasteiger partial charge in [0.25, 0.3) is 0 Å². The molecule has 0 aromatic carbocycles. The molecule has 1 fully saturated rings. The number of aromatic nitrogens is 2. The molecular formula is C12H22N4. The monoisotopic (exact) mass is 222 g/mol. The predicted molar refractivity (Wildman–Crippen MR) is 65.5 cm³/mol. The Kier molecular flexibility index (Phi) is 3.96. The summed E-state index contributed by atoms with van der Waals surface area (Å²) in [6, 6.07) is 0.728. The van der Waals surface area contributed by atoms with Crippen molar-refractivity contribution in [3.63, 3.8) is 0 Å². The third kappa shape index (κ3) is 2.83. The first-order valence-corrected chi connectivity index (χ1v) is 6.17. The van der Waals surface area contributed by atoms with Crippen LogP contribution in [0.15, 0.2) is 12.4 Å². The van der Waals surface area contributed by atoms with Crippen molar-refractivity contribution in [1.82, 2.24) is 19.8 Å². The van der Waals surface area contributed by atoms with Gasteiger partial charge in [0.1, 0.15) is 5.82 Å². The summed E-state index contributed by atoms with van der Waals surface area (Å²) in [6.07, 6.45) is 6.50. The molecule has 0 amide bonds. The largest absolute Gasteiger partial charge is 0.334 e. The summed E-state index contributed by atoms with van der Waals surface area (Å²) >= 11 is 0. The van der Waals surface area contributed by atoms with Crippen molar-refractivity contribution < 1.29 is 0 Å². The minimum absolute atomic E-state index is 0.728. The lowest BCUT2D eigenvalue weighted by Gasteiger charge is -2.31. The molecule has 1 aliphatic heterocycles. The lowest BCUT2D eigenvalue weighted by Crippen LogP contribution is -2.42. The first-order chi connectivity index (χ1) is 7.79. The Bertz CT molecular complexity index is 313. The molecule has 16 heavy (non-hydrogen) atoms. The van der Waals surface area contributed by atoms with Gasteiger partial charge in [0.15, 0.2) is 0 Å². The average molecular weight is 222 g/mol. The fourth-order valence-electron chi connectivity index (χ4n) is 2.33. The number of imidazole rings is 1. The van der Waals surface area contributed by atoms with Gasteiger partial charge in [0.2, 0.25) is 0 Å². The molecule has 1 aromatic heterocycles. The van der Waals surface area contributed by atoms with Gasteiger partial charge in [-0.2, -0.15) is 0 Å². The van der Waals surface area contributed by atoms with E-state index in [0.29, 0.717) is 0 Å². The van der Waals surface area contributed by atoms with E-state index in [-0.39, 0.29) is 0 Å². The molecule has 4 nitrogen and oxygen atoms in total. The number of rotatable bonds is 4. The van der Waals surface area contributed by atoms with Gasteiger partial charge < -0.3 is 14.8 Å². The van der Waals surface area contributed by atoms with Crippen molar-refractivity contribution in [3.8, 4) is 0 Å². The van der Waals surface area contributed by atoms with Crippen molar-refractivity contribution in [2.24, 2.45) is 0 Å². The number of hydrogen-bond acceptors (Lipinski definition) is 3. The number of hydrogen-bond donors (Lipinski definition) is 1. The molecule has 1 saturated heterocycles. The molecule has 90 valence electrons. The molecule has 1 N–H and O–H groups in total. The SMILES string of the molecule is CNC1CCN(CCn2ccnc2C)CC1. The van der Waals surface area contributed by atoms with Crippen molar-refractivity contribution in [1.29, 1.82) is 0 Å². The first-order valence-electron chi connectivity index (χ1n) is 6.17. The average Bonchev–Trinajstić information content (AvgIpc) is 2.73. The Morgan fingerprint density at radius 3 is 2.69 bits per heavy atom. The Hall–Kier alpha value is -0.870. The highest BCUT2D eigenvalue weighted by atomic mass is 15.2. The van der Waals surface area contributed by atoms with E-state index in [1.807, 2.05) is 6.20 Å². The maximum Gasteiger partial charge on any atom is 0.105 e. The number of aryl methyl sites for hydroxylation is 1. The highest BCUT2D eigenvalue weighted by Gasteiger charge is 2.17. The summed E-state index contributed by atoms with van der Waals surface area (Å²) in [4.78, 5) is 6.79. The Labute approximate surface area is 97.7 Å². The van der Waals surface area contributed by atoms with Crippen LogP contribution in [0.25, 0.3) is 0 Å². The molecule has 1 aromatic rings. The maximum absolute atomic E-state index is 4.24. The van der Waals surface area contributed by atoms with Gasteiger partial charge in [-0.1, -0.05) is 0 Å². The molecule has 0 atom stereocenters. The van der Waals surface area contributed by atoms with Crippen LogP contribution < -0.4 is 5.32 Å². The van der Waals surface area contributed by atoms with E-state index in [0.717, 1.165) is 25.0 Å². The van der Waals surface area contributed by atoms with Gasteiger partial charge in [-0.05, 0) is 39.9 Å². The summed E-state index contributed by atoms with van der Waals surface area (Å²) in [7, 11) is 2.06. The molecule has 1 aliphatic rings. The van der Waals surface area contributed by atoms with Crippen LogP contribution in [0.3, 0.4) is 0 Å². The fraction of sp³-hybridized carbons (Fsp3) is 0.750. The van der Waals surface area contributed by atoms with Crippen molar-refractivity contribution in [3.05, 3.63) is 18.2 Å². The summed E-state index contributed by atoms with van der Waals surface area (Å²) < 4.78 is 2.23. The molecular weight excluding hydrogens is 200 g/mol. The van der Waals surface area contributed by atoms with Crippen molar-refractivity contribution in [2.75, 3.05) is 26.7 Å². The van der Waals surface area contributed by atoms with Gasteiger partial charge in [-0.3, -0.25) is 0 Å². The highest BCUT2D eigenvalue weighted by Crippen LogP contribution is 2.09. The molecule has 0 unspecified atom stereocenters. The van der Waals surface area contributed by atoms with Crippen LogP contribution >= 0.6 is 0 Å². The lowest BCUT2D eigenvalue weighted by molar-refractivity contribution is 0.195. The van der Waals surface area contributed by atoms with Gasteiger partial charge in [-0.15, -0.1) is 0 Å². The van der Waals surface area contributed by atoms with Gasteiger partial charge in [-0.25, -0.2) is 4.98 Å². The zero-order chi connectivity index (χ0) is 11.4. The van der Waals surface area contributed by atoms with Crippen LogP contribution in [0.2, 0.25) is 0 Å². The zero-order valence-corrected chi connectivity index (χ0v) is 10.3. The standard InChI is InChI=1S/C12H22N4/c1-11-14-5-8-16(11)10-9-15-6-3-12(13-2)4-7-15/h5,8,12-13H,3-4,6-7,9-10H2,1-2H3. The molecule has 4 heteroatoms. The molecule has 0 saturated carbocycles. The van der Waals surface area contributed by atoms with Gasteiger partial charge in [0, 0.05) is 31.5 Å². The van der Waals surface area contributed by atoms with E-state index in [4.69, 9.17) is 0 Å². The number of nitrogens with zero attached hydrogens (tertiary/aromatic N) is 3. The maximum atomic E-state index is 4.24. The number of nitrogens with one attached hydrogen (secondary N) is 1. The van der Waals surface area contributed by atoms with E-state index in [9.17, 15) is 0 Å².